The summed E-state index contributed by atoms with van der Waals surface area (Å²) in [6.45, 7) is 4.78. The molecule has 2 rings (SSSR count). The highest BCUT2D eigenvalue weighted by molar-refractivity contribution is 5.83. The van der Waals surface area contributed by atoms with Crippen molar-refractivity contribution in [2.24, 2.45) is 5.92 Å². The normalized spacial score (nSPS) is 13.2. The molecule has 3 nitrogen and oxygen atoms in total. The summed E-state index contributed by atoms with van der Waals surface area (Å²) >= 11 is 0. The molecule has 0 aliphatic carbocycles. The van der Waals surface area contributed by atoms with Gasteiger partial charge in [0.1, 0.15) is 5.75 Å². The number of carbonyl (C=O) groups excluding carboxylic acids is 1. The van der Waals surface area contributed by atoms with Gasteiger partial charge in [-0.3, -0.25) is 4.79 Å². The van der Waals surface area contributed by atoms with Crippen LogP contribution in [0.4, 0.5) is 0 Å². The zero-order valence-electron chi connectivity index (χ0n) is 14.1. The number of hydrogen-bond acceptors (Lipinski definition) is 2. The molecule has 0 aromatic heterocycles. The molecule has 23 heavy (non-hydrogen) atoms. The van der Waals surface area contributed by atoms with E-state index in [0.717, 1.165) is 23.3 Å². The summed E-state index contributed by atoms with van der Waals surface area (Å²) in [7, 11) is 1.65. The van der Waals surface area contributed by atoms with E-state index in [1.807, 2.05) is 54.6 Å². The van der Waals surface area contributed by atoms with Crippen molar-refractivity contribution in [2.75, 3.05) is 7.11 Å². The number of carbonyl (C=O) groups is 1. The van der Waals surface area contributed by atoms with Gasteiger partial charge < -0.3 is 10.1 Å². The van der Waals surface area contributed by atoms with Gasteiger partial charge in [0.15, 0.2) is 0 Å². The SMILES string of the molecule is CC[C@H](C)[C@@H](C(=O)NCc1ccc(OC)cc1)c1ccccc1. The first-order valence-electron chi connectivity index (χ1n) is 8.11. The van der Waals surface area contributed by atoms with Gasteiger partial charge in [0.2, 0.25) is 5.91 Å². The third kappa shape index (κ3) is 4.59. The van der Waals surface area contributed by atoms with Gasteiger partial charge in [0.25, 0.3) is 0 Å². The first kappa shape index (κ1) is 17.1. The van der Waals surface area contributed by atoms with Gasteiger partial charge in [-0.05, 0) is 29.2 Å². The highest BCUT2D eigenvalue weighted by atomic mass is 16.5. The van der Waals surface area contributed by atoms with E-state index >= 15 is 0 Å². The molecule has 0 saturated carbocycles. The molecule has 1 N–H and O–H groups in total. The van der Waals surface area contributed by atoms with E-state index in [1.165, 1.54) is 0 Å². The largest absolute Gasteiger partial charge is 0.497 e. The van der Waals surface area contributed by atoms with Crippen LogP contribution in [-0.4, -0.2) is 13.0 Å². The summed E-state index contributed by atoms with van der Waals surface area (Å²) in [4.78, 5) is 12.7. The van der Waals surface area contributed by atoms with Gasteiger partial charge >= 0.3 is 0 Å². The number of ether oxygens (including phenoxy) is 1. The van der Waals surface area contributed by atoms with Crippen LogP contribution in [0.5, 0.6) is 5.75 Å². The molecule has 3 heteroatoms. The van der Waals surface area contributed by atoms with Crippen molar-refractivity contribution in [1.82, 2.24) is 5.32 Å². The molecular weight excluding hydrogens is 286 g/mol. The Bertz CT molecular complexity index is 607. The van der Waals surface area contributed by atoms with Crippen molar-refractivity contribution in [3.8, 4) is 5.75 Å². The summed E-state index contributed by atoms with van der Waals surface area (Å²) in [6, 6.07) is 17.8. The van der Waals surface area contributed by atoms with Crippen LogP contribution in [-0.2, 0) is 11.3 Å². The highest BCUT2D eigenvalue weighted by Gasteiger charge is 2.25. The Morgan fingerprint density at radius 3 is 2.30 bits per heavy atom. The second-order valence-corrected chi connectivity index (χ2v) is 5.84. The topological polar surface area (TPSA) is 38.3 Å². The van der Waals surface area contributed by atoms with Crippen molar-refractivity contribution in [3.05, 3.63) is 65.7 Å². The van der Waals surface area contributed by atoms with E-state index in [-0.39, 0.29) is 11.8 Å². The summed E-state index contributed by atoms with van der Waals surface area (Å²) in [5.41, 5.74) is 2.14. The summed E-state index contributed by atoms with van der Waals surface area (Å²) in [5.74, 6) is 1.09. The fraction of sp³-hybridized carbons (Fsp3) is 0.350. The maximum absolute atomic E-state index is 12.7. The fourth-order valence-corrected chi connectivity index (χ4v) is 2.68. The molecule has 0 unspecified atom stereocenters. The van der Waals surface area contributed by atoms with Gasteiger partial charge in [-0.25, -0.2) is 0 Å². The lowest BCUT2D eigenvalue weighted by Gasteiger charge is -2.23. The summed E-state index contributed by atoms with van der Waals surface area (Å²) in [5, 5.41) is 3.07. The highest BCUT2D eigenvalue weighted by Crippen LogP contribution is 2.27. The van der Waals surface area contributed by atoms with Gasteiger partial charge in [-0.2, -0.15) is 0 Å². The molecule has 0 aliphatic rings. The minimum Gasteiger partial charge on any atom is -0.497 e. The first-order chi connectivity index (χ1) is 11.2. The Kier molecular flexibility index (Phi) is 6.21. The minimum atomic E-state index is -0.112. The third-order valence-electron chi connectivity index (χ3n) is 4.28. The maximum Gasteiger partial charge on any atom is 0.228 e. The number of rotatable bonds is 7. The number of methoxy groups -OCH3 is 1. The van der Waals surface area contributed by atoms with Crippen molar-refractivity contribution in [3.63, 3.8) is 0 Å². The zero-order valence-corrected chi connectivity index (χ0v) is 14.1. The molecule has 0 radical (unpaired) electrons. The fourth-order valence-electron chi connectivity index (χ4n) is 2.68. The average molecular weight is 311 g/mol. The second kappa shape index (κ2) is 8.37. The Labute approximate surface area is 138 Å². The van der Waals surface area contributed by atoms with Crippen LogP contribution in [0, 0.1) is 5.92 Å². The van der Waals surface area contributed by atoms with E-state index in [4.69, 9.17) is 4.74 Å². The van der Waals surface area contributed by atoms with E-state index in [2.05, 4.69) is 19.2 Å². The van der Waals surface area contributed by atoms with Gasteiger partial charge in [-0.15, -0.1) is 0 Å². The van der Waals surface area contributed by atoms with E-state index in [1.54, 1.807) is 7.11 Å². The Morgan fingerprint density at radius 1 is 1.09 bits per heavy atom. The van der Waals surface area contributed by atoms with Gasteiger partial charge in [0.05, 0.1) is 13.0 Å². The molecule has 1 amide bonds. The van der Waals surface area contributed by atoms with E-state index in [9.17, 15) is 4.79 Å². The lowest BCUT2D eigenvalue weighted by molar-refractivity contribution is -0.123. The first-order valence-corrected chi connectivity index (χ1v) is 8.11. The van der Waals surface area contributed by atoms with Crippen LogP contribution in [0.15, 0.2) is 54.6 Å². The molecular formula is C20H25NO2. The van der Waals surface area contributed by atoms with Crippen LogP contribution < -0.4 is 10.1 Å². The molecule has 2 aromatic rings. The van der Waals surface area contributed by atoms with Crippen LogP contribution in [0.2, 0.25) is 0 Å². The van der Waals surface area contributed by atoms with E-state index < -0.39 is 0 Å². The molecule has 0 fully saturated rings. The van der Waals surface area contributed by atoms with Crippen LogP contribution in [0.1, 0.15) is 37.3 Å². The molecule has 2 atom stereocenters. The predicted molar refractivity (Wildman–Crippen MR) is 93.5 cm³/mol. The van der Waals surface area contributed by atoms with Crippen molar-refractivity contribution in [1.29, 1.82) is 0 Å². The van der Waals surface area contributed by atoms with Gasteiger partial charge in [-0.1, -0.05) is 62.7 Å². The lowest BCUT2D eigenvalue weighted by Crippen LogP contribution is -2.32. The molecule has 0 heterocycles. The number of benzene rings is 2. The molecule has 0 spiro atoms. The van der Waals surface area contributed by atoms with E-state index in [0.29, 0.717) is 12.5 Å². The van der Waals surface area contributed by atoms with Gasteiger partial charge in [0, 0.05) is 6.54 Å². The minimum absolute atomic E-state index is 0.0846. The molecule has 0 bridgehead atoms. The van der Waals surface area contributed by atoms with Crippen LogP contribution >= 0.6 is 0 Å². The number of hydrogen-bond donors (Lipinski definition) is 1. The summed E-state index contributed by atoms with van der Waals surface area (Å²) < 4.78 is 5.15. The smallest absolute Gasteiger partial charge is 0.228 e. The maximum atomic E-state index is 12.7. The third-order valence-corrected chi connectivity index (χ3v) is 4.28. The predicted octanol–water partition coefficient (Wildman–Crippen LogP) is 4.14. The second-order valence-electron chi connectivity index (χ2n) is 5.84. The Balaban J connectivity index is 2.05. The average Bonchev–Trinajstić information content (AvgIpc) is 2.61. The molecule has 0 saturated heterocycles. The Morgan fingerprint density at radius 2 is 1.74 bits per heavy atom. The monoisotopic (exact) mass is 311 g/mol. The lowest BCUT2D eigenvalue weighted by atomic mass is 9.85. The zero-order chi connectivity index (χ0) is 16.7. The van der Waals surface area contributed by atoms with Crippen molar-refractivity contribution in [2.45, 2.75) is 32.7 Å². The molecule has 0 aliphatic heterocycles. The van der Waals surface area contributed by atoms with Crippen molar-refractivity contribution < 1.29 is 9.53 Å². The molecule has 122 valence electrons. The molecule has 2 aromatic carbocycles. The number of nitrogens with one attached hydrogen (secondary N) is 1. The standard InChI is InChI=1S/C20H25NO2/c1-4-15(2)19(17-8-6-5-7-9-17)20(22)21-14-16-10-12-18(23-3)13-11-16/h5-13,15,19H,4,14H2,1-3H3,(H,21,22)/t15-,19+/m0/s1. The van der Waals surface area contributed by atoms with Crippen molar-refractivity contribution >= 4 is 5.91 Å². The van der Waals surface area contributed by atoms with Crippen LogP contribution in [0.3, 0.4) is 0 Å². The quantitative estimate of drug-likeness (QED) is 0.834. The Hall–Kier alpha value is -2.29. The summed E-state index contributed by atoms with van der Waals surface area (Å²) in [6.07, 6.45) is 0.968. The number of amides is 1. The van der Waals surface area contributed by atoms with Crippen LogP contribution in [0.25, 0.3) is 0 Å².